The van der Waals surface area contributed by atoms with Gasteiger partial charge in [0.05, 0.1) is 13.2 Å². The van der Waals surface area contributed by atoms with Gasteiger partial charge in [0.2, 0.25) is 0 Å². The molecule has 6 nitrogen and oxygen atoms in total. The molecule has 0 unspecified atom stereocenters. The van der Waals surface area contributed by atoms with Gasteiger partial charge in [-0.25, -0.2) is 4.98 Å². The fourth-order valence-electron chi connectivity index (χ4n) is 2.10. The number of hydrogen-bond acceptors (Lipinski definition) is 5. The van der Waals surface area contributed by atoms with Crippen molar-refractivity contribution in [2.45, 2.75) is 6.92 Å². The highest BCUT2D eigenvalue weighted by Gasteiger charge is 2.10. The smallest absolute Gasteiger partial charge is 0.251 e. The summed E-state index contributed by atoms with van der Waals surface area (Å²) in [5.41, 5.74) is 0.635. The van der Waals surface area contributed by atoms with E-state index in [1.54, 1.807) is 18.3 Å². The molecule has 0 spiro atoms. The van der Waals surface area contributed by atoms with Crippen LogP contribution in [0.25, 0.3) is 0 Å². The third-order valence-electron chi connectivity index (χ3n) is 3.20. The molecule has 1 aromatic rings. The molecule has 1 aliphatic heterocycles. The van der Waals surface area contributed by atoms with Gasteiger partial charge < -0.3 is 15.4 Å². The Morgan fingerprint density at radius 1 is 1.45 bits per heavy atom. The van der Waals surface area contributed by atoms with Crippen molar-refractivity contribution in [2.75, 3.05) is 51.3 Å². The summed E-state index contributed by atoms with van der Waals surface area (Å²) in [6.07, 6.45) is 1.65. The number of carbonyl (C=O) groups excluding carboxylic acids is 1. The van der Waals surface area contributed by atoms with Crippen molar-refractivity contribution in [1.29, 1.82) is 0 Å². The predicted molar refractivity (Wildman–Crippen MR) is 78.0 cm³/mol. The maximum atomic E-state index is 11.7. The Labute approximate surface area is 119 Å². The Morgan fingerprint density at radius 2 is 2.25 bits per heavy atom. The molecule has 2 N–H and O–H groups in total. The second-order valence-corrected chi connectivity index (χ2v) is 4.67. The predicted octanol–water partition coefficient (Wildman–Crippen LogP) is 0.575. The maximum Gasteiger partial charge on any atom is 0.251 e. The third-order valence-corrected chi connectivity index (χ3v) is 3.20. The van der Waals surface area contributed by atoms with Crippen LogP contribution >= 0.6 is 0 Å². The summed E-state index contributed by atoms with van der Waals surface area (Å²) in [6.45, 7) is 7.88. The normalized spacial score (nSPS) is 15.8. The first kappa shape index (κ1) is 14.7. The fraction of sp³-hybridized carbons (Fsp3) is 0.571. The van der Waals surface area contributed by atoms with E-state index in [9.17, 15) is 4.79 Å². The fourth-order valence-corrected chi connectivity index (χ4v) is 2.10. The second kappa shape index (κ2) is 7.81. The summed E-state index contributed by atoms with van der Waals surface area (Å²) >= 11 is 0. The van der Waals surface area contributed by atoms with E-state index >= 15 is 0 Å². The zero-order valence-corrected chi connectivity index (χ0v) is 11.9. The molecular weight excluding hydrogens is 256 g/mol. The number of aromatic nitrogens is 1. The van der Waals surface area contributed by atoms with E-state index in [0.717, 1.165) is 45.2 Å². The van der Waals surface area contributed by atoms with Crippen molar-refractivity contribution in [3.63, 3.8) is 0 Å². The van der Waals surface area contributed by atoms with Gasteiger partial charge in [-0.3, -0.25) is 9.69 Å². The Hall–Kier alpha value is -1.66. The lowest BCUT2D eigenvalue weighted by Gasteiger charge is -2.26. The summed E-state index contributed by atoms with van der Waals surface area (Å²) in [4.78, 5) is 18.3. The lowest BCUT2D eigenvalue weighted by molar-refractivity contribution is 0.0398. The Balaban J connectivity index is 1.80. The van der Waals surface area contributed by atoms with Gasteiger partial charge in [-0.05, 0) is 19.1 Å². The number of rotatable bonds is 6. The summed E-state index contributed by atoms with van der Waals surface area (Å²) < 4.78 is 5.31. The number of nitrogens with one attached hydrogen (secondary N) is 2. The van der Waals surface area contributed by atoms with Crippen molar-refractivity contribution in [3.05, 3.63) is 23.9 Å². The van der Waals surface area contributed by atoms with Crippen LogP contribution in [0, 0.1) is 0 Å². The lowest BCUT2D eigenvalue weighted by Crippen LogP contribution is -2.39. The van der Waals surface area contributed by atoms with Gasteiger partial charge in [0.1, 0.15) is 5.82 Å². The Bertz CT molecular complexity index is 433. The highest BCUT2D eigenvalue weighted by molar-refractivity contribution is 5.94. The van der Waals surface area contributed by atoms with Crippen molar-refractivity contribution >= 4 is 11.7 Å². The first-order chi connectivity index (χ1) is 9.79. The number of anilines is 1. The van der Waals surface area contributed by atoms with Crippen molar-refractivity contribution in [3.8, 4) is 0 Å². The molecular formula is C14H22N4O2. The largest absolute Gasteiger partial charge is 0.379 e. The van der Waals surface area contributed by atoms with E-state index in [-0.39, 0.29) is 5.91 Å². The summed E-state index contributed by atoms with van der Waals surface area (Å²) in [7, 11) is 0. The molecule has 2 heterocycles. The molecule has 0 radical (unpaired) electrons. The number of nitrogens with zero attached hydrogens (tertiary/aromatic N) is 2. The van der Waals surface area contributed by atoms with Crippen LogP contribution in [0.4, 0.5) is 5.82 Å². The van der Waals surface area contributed by atoms with Crippen LogP contribution in [0.1, 0.15) is 17.3 Å². The van der Waals surface area contributed by atoms with Gasteiger partial charge in [0.25, 0.3) is 5.91 Å². The minimum Gasteiger partial charge on any atom is -0.379 e. The molecule has 1 aliphatic rings. The topological polar surface area (TPSA) is 66.5 Å². The molecule has 110 valence electrons. The standard InChI is InChI=1S/C14H22N4O2/c1-2-15-14(19)12-3-4-16-13(11-12)17-5-6-18-7-9-20-10-8-18/h3-4,11H,2,5-10H2,1H3,(H,15,19)(H,16,17). The number of morpholine rings is 1. The summed E-state index contributed by atoms with van der Waals surface area (Å²) in [5.74, 6) is 0.674. The van der Waals surface area contributed by atoms with Gasteiger partial charge in [-0.2, -0.15) is 0 Å². The average Bonchev–Trinajstić information content (AvgIpc) is 2.49. The first-order valence-corrected chi connectivity index (χ1v) is 7.08. The molecule has 1 amide bonds. The minimum absolute atomic E-state index is 0.0638. The maximum absolute atomic E-state index is 11.7. The SMILES string of the molecule is CCNC(=O)c1ccnc(NCCN2CCOCC2)c1. The molecule has 1 fully saturated rings. The Morgan fingerprint density at radius 3 is 3.00 bits per heavy atom. The van der Waals surface area contributed by atoms with Crippen LogP contribution < -0.4 is 10.6 Å². The molecule has 1 saturated heterocycles. The molecule has 0 aromatic carbocycles. The van der Waals surface area contributed by atoms with E-state index in [4.69, 9.17) is 4.74 Å². The average molecular weight is 278 g/mol. The van der Waals surface area contributed by atoms with E-state index in [1.165, 1.54) is 0 Å². The highest BCUT2D eigenvalue weighted by Crippen LogP contribution is 2.06. The number of ether oxygens (including phenoxy) is 1. The molecule has 20 heavy (non-hydrogen) atoms. The molecule has 0 saturated carbocycles. The zero-order valence-electron chi connectivity index (χ0n) is 11.9. The lowest BCUT2D eigenvalue weighted by atomic mass is 10.2. The van der Waals surface area contributed by atoms with Crippen LogP contribution in [0.3, 0.4) is 0 Å². The van der Waals surface area contributed by atoms with Gasteiger partial charge in [0.15, 0.2) is 0 Å². The summed E-state index contributed by atoms with van der Waals surface area (Å²) in [6, 6.07) is 3.50. The second-order valence-electron chi connectivity index (χ2n) is 4.67. The molecule has 2 rings (SSSR count). The summed E-state index contributed by atoms with van der Waals surface area (Å²) in [5, 5.41) is 6.04. The van der Waals surface area contributed by atoms with Crippen LogP contribution in [0.2, 0.25) is 0 Å². The molecule has 0 aliphatic carbocycles. The van der Waals surface area contributed by atoms with Crippen LogP contribution in [0.15, 0.2) is 18.3 Å². The van der Waals surface area contributed by atoms with Crippen molar-refractivity contribution < 1.29 is 9.53 Å². The van der Waals surface area contributed by atoms with Crippen molar-refractivity contribution in [1.82, 2.24) is 15.2 Å². The zero-order chi connectivity index (χ0) is 14.2. The van der Waals surface area contributed by atoms with Crippen LogP contribution in [-0.2, 0) is 4.74 Å². The van der Waals surface area contributed by atoms with E-state index < -0.39 is 0 Å². The number of pyridine rings is 1. The van der Waals surface area contributed by atoms with E-state index in [2.05, 4.69) is 20.5 Å². The monoisotopic (exact) mass is 278 g/mol. The van der Waals surface area contributed by atoms with Crippen molar-refractivity contribution in [2.24, 2.45) is 0 Å². The van der Waals surface area contributed by atoms with E-state index in [0.29, 0.717) is 12.1 Å². The Kier molecular flexibility index (Phi) is 5.76. The molecule has 6 heteroatoms. The van der Waals surface area contributed by atoms with Gasteiger partial charge >= 0.3 is 0 Å². The van der Waals surface area contributed by atoms with Gasteiger partial charge in [-0.15, -0.1) is 0 Å². The van der Waals surface area contributed by atoms with E-state index in [1.807, 2.05) is 6.92 Å². The van der Waals surface area contributed by atoms with Gasteiger partial charge in [0, 0.05) is 44.5 Å². The minimum atomic E-state index is -0.0638. The first-order valence-electron chi connectivity index (χ1n) is 7.08. The quantitative estimate of drug-likeness (QED) is 0.796. The molecule has 0 atom stereocenters. The number of hydrogen-bond donors (Lipinski definition) is 2. The van der Waals surface area contributed by atoms with Gasteiger partial charge in [-0.1, -0.05) is 0 Å². The number of carbonyl (C=O) groups is 1. The molecule has 1 aromatic heterocycles. The third kappa shape index (κ3) is 4.47. The number of amides is 1. The van der Waals surface area contributed by atoms with Crippen LogP contribution in [-0.4, -0.2) is 61.7 Å². The molecule has 0 bridgehead atoms. The highest BCUT2D eigenvalue weighted by atomic mass is 16.5. The van der Waals surface area contributed by atoms with Crippen LogP contribution in [0.5, 0.6) is 0 Å².